The lowest BCUT2D eigenvalue weighted by Gasteiger charge is -2.21. The Labute approximate surface area is 106 Å². The molecule has 0 spiro atoms. The van der Waals surface area contributed by atoms with Gasteiger partial charge in [0, 0.05) is 0 Å². The van der Waals surface area contributed by atoms with E-state index >= 15 is 0 Å². The van der Waals surface area contributed by atoms with Gasteiger partial charge in [-0.25, -0.2) is 4.79 Å². The van der Waals surface area contributed by atoms with Gasteiger partial charge in [0.25, 0.3) is 0 Å². The zero-order chi connectivity index (χ0) is 13.2. The van der Waals surface area contributed by atoms with Gasteiger partial charge >= 0.3 is 5.97 Å². The highest BCUT2D eigenvalue weighted by molar-refractivity contribution is 6.35. The van der Waals surface area contributed by atoms with Gasteiger partial charge in [0.05, 0.1) is 17.2 Å². The Hall–Kier alpha value is -1.22. The Morgan fingerprint density at radius 2 is 2.00 bits per heavy atom. The number of ether oxygens (including phenoxy) is 1. The molecule has 3 nitrogen and oxygen atoms in total. The third kappa shape index (κ3) is 3.13. The summed E-state index contributed by atoms with van der Waals surface area (Å²) in [5.41, 5.74) is 0.825. The molecule has 0 amide bonds. The fourth-order valence-corrected chi connectivity index (χ4v) is 1.69. The Morgan fingerprint density at radius 1 is 1.41 bits per heavy atom. The zero-order valence-corrected chi connectivity index (χ0v) is 11.3. The average molecular weight is 257 g/mol. The minimum atomic E-state index is -1.04. The zero-order valence-electron chi connectivity index (χ0n) is 10.5. The predicted octanol–water partition coefficient (Wildman–Crippen LogP) is 3.73. The third-order valence-corrected chi connectivity index (χ3v) is 2.83. The molecular formula is C13H17ClO3. The Bertz CT molecular complexity index is 433. The summed E-state index contributed by atoms with van der Waals surface area (Å²) in [5.74, 6) is -0.610. The van der Waals surface area contributed by atoms with E-state index in [1.807, 2.05) is 27.7 Å². The number of carbonyl (C=O) groups is 1. The molecule has 0 saturated carbocycles. The first kappa shape index (κ1) is 13.8. The minimum absolute atomic E-state index is 0.0857. The van der Waals surface area contributed by atoms with Gasteiger partial charge in [0.1, 0.15) is 5.75 Å². The van der Waals surface area contributed by atoms with Crippen molar-refractivity contribution >= 4 is 17.6 Å². The van der Waals surface area contributed by atoms with Crippen molar-refractivity contribution in [2.75, 3.05) is 6.61 Å². The molecule has 17 heavy (non-hydrogen) atoms. The van der Waals surface area contributed by atoms with Gasteiger partial charge in [-0.1, -0.05) is 32.4 Å². The van der Waals surface area contributed by atoms with Crippen LogP contribution in [0.25, 0.3) is 0 Å². The van der Waals surface area contributed by atoms with Crippen molar-refractivity contribution in [1.29, 1.82) is 0 Å². The summed E-state index contributed by atoms with van der Waals surface area (Å²) >= 11 is 6.00. The highest BCUT2D eigenvalue weighted by Crippen LogP contribution is 2.34. The fraction of sp³-hybridized carbons (Fsp3) is 0.462. The molecule has 94 valence electrons. The van der Waals surface area contributed by atoms with Crippen LogP contribution in [0.15, 0.2) is 12.1 Å². The Balaban J connectivity index is 3.42. The van der Waals surface area contributed by atoms with Gasteiger partial charge in [-0.05, 0) is 30.0 Å². The fourth-order valence-electron chi connectivity index (χ4n) is 1.45. The monoisotopic (exact) mass is 256 g/mol. The smallest absolute Gasteiger partial charge is 0.337 e. The molecule has 1 rings (SSSR count). The van der Waals surface area contributed by atoms with Crippen molar-refractivity contribution in [3.8, 4) is 5.75 Å². The van der Waals surface area contributed by atoms with Crippen LogP contribution in [-0.2, 0) is 5.41 Å². The van der Waals surface area contributed by atoms with E-state index in [-0.39, 0.29) is 16.0 Å². The maximum atomic E-state index is 11.1. The number of hydrogen-bond acceptors (Lipinski definition) is 2. The van der Waals surface area contributed by atoms with Crippen molar-refractivity contribution in [2.24, 2.45) is 0 Å². The van der Waals surface area contributed by atoms with Gasteiger partial charge in [0.15, 0.2) is 0 Å². The summed E-state index contributed by atoms with van der Waals surface area (Å²) in [5, 5.41) is 9.27. The number of benzene rings is 1. The average Bonchev–Trinajstić information content (AvgIpc) is 2.19. The molecule has 0 aromatic heterocycles. The van der Waals surface area contributed by atoms with Crippen LogP contribution in [0.4, 0.5) is 0 Å². The molecule has 4 heteroatoms. The summed E-state index contributed by atoms with van der Waals surface area (Å²) in [6, 6.07) is 3.41. The predicted molar refractivity (Wildman–Crippen MR) is 68.3 cm³/mol. The maximum Gasteiger partial charge on any atom is 0.337 e. The first-order chi connectivity index (χ1) is 7.77. The molecule has 0 saturated heterocycles. The van der Waals surface area contributed by atoms with Crippen LogP contribution < -0.4 is 4.74 Å². The van der Waals surface area contributed by atoms with E-state index in [1.54, 1.807) is 12.1 Å². The van der Waals surface area contributed by atoms with Crippen LogP contribution in [0.3, 0.4) is 0 Å². The maximum absolute atomic E-state index is 11.1. The van der Waals surface area contributed by atoms with Crippen molar-refractivity contribution < 1.29 is 14.6 Å². The number of hydrogen-bond donors (Lipinski definition) is 1. The molecule has 1 N–H and O–H groups in total. The number of carboxylic acid groups (broad SMARTS) is 1. The molecule has 0 aliphatic carbocycles. The SMILES string of the molecule is CCOc1cc(C(C)(C)C)cc(C(=O)O)c1Cl. The van der Waals surface area contributed by atoms with E-state index in [1.165, 1.54) is 0 Å². The molecular weight excluding hydrogens is 240 g/mol. The Kier molecular flexibility index (Phi) is 4.04. The molecule has 0 unspecified atom stereocenters. The lowest BCUT2D eigenvalue weighted by Crippen LogP contribution is -2.13. The van der Waals surface area contributed by atoms with Gasteiger partial charge in [-0.2, -0.15) is 0 Å². The lowest BCUT2D eigenvalue weighted by molar-refractivity contribution is 0.0696. The second-order valence-electron chi connectivity index (χ2n) is 4.82. The first-order valence-corrected chi connectivity index (χ1v) is 5.85. The molecule has 0 radical (unpaired) electrons. The lowest BCUT2D eigenvalue weighted by atomic mass is 9.86. The van der Waals surface area contributed by atoms with Crippen LogP contribution in [0.1, 0.15) is 43.6 Å². The third-order valence-electron chi connectivity index (χ3n) is 2.44. The standard InChI is InChI=1S/C13H17ClO3/c1-5-17-10-7-8(13(2,3)4)6-9(11(10)14)12(15)16/h6-7H,5H2,1-4H3,(H,15,16). The van der Waals surface area contributed by atoms with Crippen LogP contribution in [0.5, 0.6) is 5.75 Å². The quantitative estimate of drug-likeness (QED) is 0.896. The van der Waals surface area contributed by atoms with Crippen molar-refractivity contribution in [1.82, 2.24) is 0 Å². The summed E-state index contributed by atoms with van der Waals surface area (Å²) in [6.07, 6.45) is 0. The van der Waals surface area contributed by atoms with E-state index in [0.717, 1.165) is 5.56 Å². The van der Waals surface area contributed by atoms with Gasteiger partial charge in [0.2, 0.25) is 0 Å². The largest absolute Gasteiger partial charge is 0.492 e. The Morgan fingerprint density at radius 3 is 2.41 bits per heavy atom. The molecule has 1 aromatic carbocycles. The highest BCUT2D eigenvalue weighted by Gasteiger charge is 2.21. The van der Waals surface area contributed by atoms with Gasteiger partial charge < -0.3 is 9.84 Å². The van der Waals surface area contributed by atoms with Crippen LogP contribution in [-0.4, -0.2) is 17.7 Å². The van der Waals surface area contributed by atoms with Gasteiger partial charge in [-0.3, -0.25) is 0 Å². The second kappa shape index (κ2) is 4.96. The van der Waals surface area contributed by atoms with Crippen molar-refractivity contribution in [3.63, 3.8) is 0 Å². The molecule has 0 heterocycles. The highest BCUT2D eigenvalue weighted by atomic mass is 35.5. The van der Waals surface area contributed by atoms with Crippen molar-refractivity contribution in [2.45, 2.75) is 33.1 Å². The van der Waals surface area contributed by atoms with Crippen LogP contribution >= 0.6 is 11.6 Å². The second-order valence-corrected chi connectivity index (χ2v) is 5.20. The molecule has 1 aromatic rings. The molecule has 0 aliphatic heterocycles. The van der Waals surface area contributed by atoms with Crippen LogP contribution in [0, 0.1) is 0 Å². The van der Waals surface area contributed by atoms with Crippen molar-refractivity contribution in [3.05, 3.63) is 28.3 Å². The number of carboxylic acids is 1. The van der Waals surface area contributed by atoms with E-state index in [2.05, 4.69) is 0 Å². The normalized spacial score (nSPS) is 11.4. The molecule has 0 aliphatic rings. The summed E-state index contributed by atoms with van der Waals surface area (Å²) in [7, 11) is 0. The first-order valence-electron chi connectivity index (χ1n) is 5.47. The van der Waals surface area contributed by atoms with E-state index in [0.29, 0.717) is 12.4 Å². The molecule has 0 fully saturated rings. The van der Waals surface area contributed by atoms with E-state index < -0.39 is 5.97 Å². The molecule has 0 bridgehead atoms. The topological polar surface area (TPSA) is 46.5 Å². The summed E-state index contributed by atoms with van der Waals surface area (Å²) in [4.78, 5) is 11.1. The van der Waals surface area contributed by atoms with E-state index in [9.17, 15) is 4.79 Å². The summed E-state index contributed by atoms with van der Waals surface area (Å²) in [6.45, 7) is 8.32. The molecule has 0 atom stereocenters. The van der Waals surface area contributed by atoms with E-state index in [4.69, 9.17) is 21.4 Å². The minimum Gasteiger partial charge on any atom is -0.492 e. The number of aromatic carboxylic acids is 1. The number of rotatable bonds is 3. The van der Waals surface area contributed by atoms with Crippen LogP contribution in [0.2, 0.25) is 5.02 Å². The number of halogens is 1. The summed E-state index contributed by atoms with van der Waals surface area (Å²) < 4.78 is 5.37. The van der Waals surface area contributed by atoms with Gasteiger partial charge in [-0.15, -0.1) is 0 Å².